The smallest absolute Gasteiger partial charge is 0.270 e. The topological polar surface area (TPSA) is 65.8 Å². The molecule has 1 atom stereocenters. The molecule has 1 N–H and O–H groups in total. The van der Waals surface area contributed by atoms with Crippen LogP contribution >= 0.6 is 11.3 Å². The fourth-order valence-corrected chi connectivity index (χ4v) is 3.04. The van der Waals surface area contributed by atoms with Gasteiger partial charge in [0.15, 0.2) is 0 Å². The third-order valence-electron chi connectivity index (χ3n) is 3.34. The van der Waals surface area contributed by atoms with Crippen LogP contribution in [-0.4, -0.2) is 10.9 Å². The SMILES string of the molecule is Cc1nc(C(=O)NC(CC(C)C)c2cccs2)ccc1C#N. The second-order valence-corrected chi connectivity index (χ2v) is 6.59. The average Bonchev–Trinajstić information content (AvgIpc) is 3.00. The summed E-state index contributed by atoms with van der Waals surface area (Å²) in [5.41, 5.74) is 1.42. The molecule has 4 nitrogen and oxygen atoms in total. The lowest BCUT2D eigenvalue weighted by atomic mass is 10.0. The second-order valence-electron chi connectivity index (χ2n) is 5.61. The van der Waals surface area contributed by atoms with Crippen LogP contribution in [0.2, 0.25) is 0 Å². The molecule has 0 radical (unpaired) electrons. The van der Waals surface area contributed by atoms with E-state index in [9.17, 15) is 4.79 Å². The number of amides is 1. The highest BCUT2D eigenvalue weighted by atomic mass is 32.1. The zero-order chi connectivity index (χ0) is 16.1. The Balaban J connectivity index is 2.18. The van der Waals surface area contributed by atoms with Crippen LogP contribution in [0.4, 0.5) is 0 Å². The number of carbonyl (C=O) groups is 1. The first kappa shape index (κ1) is 16.2. The Morgan fingerprint density at radius 3 is 2.73 bits per heavy atom. The van der Waals surface area contributed by atoms with Crippen LogP contribution in [0.25, 0.3) is 0 Å². The molecular formula is C17H19N3OS. The van der Waals surface area contributed by atoms with Crippen LogP contribution in [0.3, 0.4) is 0 Å². The number of nitrogens with one attached hydrogen (secondary N) is 1. The van der Waals surface area contributed by atoms with Crippen molar-refractivity contribution in [1.82, 2.24) is 10.3 Å². The Morgan fingerprint density at radius 1 is 1.41 bits per heavy atom. The Labute approximate surface area is 134 Å². The van der Waals surface area contributed by atoms with Gasteiger partial charge in [-0.15, -0.1) is 11.3 Å². The zero-order valence-electron chi connectivity index (χ0n) is 13.0. The third kappa shape index (κ3) is 3.92. The van der Waals surface area contributed by atoms with E-state index in [2.05, 4.69) is 30.2 Å². The number of carbonyl (C=O) groups excluding carboxylic acids is 1. The van der Waals surface area contributed by atoms with E-state index in [4.69, 9.17) is 5.26 Å². The van der Waals surface area contributed by atoms with Gasteiger partial charge in [-0.1, -0.05) is 19.9 Å². The molecule has 0 aliphatic rings. The summed E-state index contributed by atoms with van der Waals surface area (Å²) < 4.78 is 0. The van der Waals surface area contributed by atoms with Gasteiger partial charge in [0.2, 0.25) is 0 Å². The summed E-state index contributed by atoms with van der Waals surface area (Å²) in [6.07, 6.45) is 0.877. The minimum Gasteiger partial charge on any atom is -0.343 e. The molecule has 5 heteroatoms. The van der Waals surface area contributed by atoms with E-state index >= 15 is 0 Å². The summed E-state index contributed by atoms with van der Waals surface area (Å²) >= 11 is 1.64. The van der Waals surface area contributed by atoms with Crippen LogP contribution < -0.4 is 5.32 Å². The molecule has 2 heterocycles. The highest BCUT2D eigenvalue weighted by Crippen LogP contribution is 2.25. The minimum absolute atomic E-state index is 0.00903. The molecule has 114 valence electrons. The number of aromatic nitrogens is 1. The molecule has 0 spiro atoms. The number of thiophene rings is 1. The predicted molar refractivity (Wildman–Crippen MR) is 87.7 cm³/mol. The predicted octanol–water partition coefficient (Wildman–Crippen LogP) is 3.84. The third-order valence-corrected chi connectivity index (χ3v) is 4.32. The molecule has 0 bridgehead atoms. The number of aryl methyl sites for hydroxylation is 1. The summed E-state index contributed by atoms with van der Waals surface area (Å²) in [7, 11) is 0. The van der Waals surface area contributed by atoms with Gasteiger partial charge in [0.25, 0.3) is 5.91 Å². The lowest BCUT2D eigenvalue weighted by Crippen LogP contribution is -2.29. The van der Waals surface area contributed by atoms with Gasteiger partial charge in [-0.2, -0.15) is 5.26 Å². The zero-order valence-corrected chi connectivity index (χ0v) is 13.8. The van der Waals surface area contributed by atoms with Crippen molar-refractivity contribution in [3.05, 3.63) is 51.5 Å². The van der Waals surface area contributed by atoms with Gasteiger partial charge in [0, 0.05) is 4.88 Å². The van der Waals surface area contributed by atoms with Gasteiger partial charge < -0.3 is 5.32 Å². The molecule has 1 unspecified atom stereocenters. The molecular weight excluding hydrogens is 294 g/mol. The quantitative estimate of drug-likeness (QED) is 0.912. The molecule has 0 aromatic carbocycles. The summed E-state index contributed by atoms with van der Waals surface area (Å²) in [5.74, 6) is 0.273. The van der Waals surface area contributed by atoms with E-state index in [1.165, 1.54) is 0 Å². The van der Waals surface area contributed by atoms with Crippen molar-refractivity contribution in [3.8, 4) is 6.07 Å². The van der Waals surface area contributed by atoms with Crippen molar-refractivity contribution in [2.75, 3.05) is 0 Å². The van der Waals surface area contributed by atoms with E-state index in [-0.39, 0.29) is 11.9 Å². The fourth-order valence-electron chi connectivity index (χ4n) is 2.25. The standard InChI is InChI=1S/C17H19N3OS/c1-11(2)9-15(16-5-4-8-22-16)20-17(21)14-7-6-13(10-18)12(3)19-14/h4-8,11,15H,9H2,1-3H3,(H,20,21). The Kier molecular flexibility index (Phi) is 5.29. The highest BCUT2D eigenvalue weighted by molar-refractivity contribution is 7.10. The second kappa shape index (κ2) is 7.19. The Morgan fingerprint density at radius 2 is 2.18 bits per heavy atom. The number of rotatable bonds is 5. The molecule has 2 rings (SSSR count). The first-order valence-electron chi connectivity index (χ1n) is 7.23. The maximum absolute atomic E-state index is 12.4. The monoisotopic (exact) mass is 313 g/mol. The highest BCUT2D eigenvalue weighted by Gasteiger charge is 2.19. The Hall–Kier alpha value is -2.19. The van der Waals surface area contributed by atoms with E-state index in [1.54, 1.807) is 30.4 Å². The molecule has 0 aliphatic carbocycles. The van der Waals surface area contributed by atoms with Crippen LogP contribution in [-0.2, 0) is 0 Å². The lowest BCUT2D eigenvalue weighted by Gasteiger charge is -2.19. The van der Waals surface area contributed by atoms with Gasteiger partial charge in [-0.3, -0.25) is 4.79 Å². The van der Waals surface area contributed by atoms with E-state index < -0.39 is 0 Å². The number of nitriles is 1. The maximum atomic E-state index is 12.4. The first-order valence-corrected chi connectivity index (χ1v) is 8.11. The van der Waals surface area contributed by atoms with Gasteiger partial charge in [0.05, 0.1) is 17.3 Å². The van der Waals surface area contributed by atoms with Gasteiger partial charge in [-0.25, -0.2) is 4.98 Å². The summed E-state index contributed by atoms with van der Waals surface area (Å²) in [6, 6.07) is 9.31. The van der Waals surface area contributed by atoms with Crippen molar-refractivity contribution in [3.63, 3.8) is 0 Å². The first-order chi connectivity index (χ1) is 10.5. The molecule has 0 saturated heterocycles. The summed E-state index contributed by atoms with van der Waals surface area (Å²) in [6.45, 7) is 6.01. The van der Waals surface area contributed by atoms with Gasteiger partial charge in [0.1, 0.15) is 11.8 Å². The fraction of sp³-hybridized carbons (Fsp3) is 0.353. The molecule has 2 aromatic rings. The molecule has 0 aliphatic heterocycles. The number of nitrogens with zero attached hydrogens (tertiary/aromatic N) is 2. The number of pyridine rings is 1. The van der Waals surface area contributed by atoms with Crippen LogP contribution in [0.5, 0.6) is 0 Å². The average molecular weight is 313 g/mol. The minimum atomic E-state index is -0.202. The molecule has 1 amide bonds. The van der Waals surface area contributed by atoms with Gasteiger partial charge in [-0.05, 0) is 42.8 Å². The molecule has 2 aromatic heterocycles. The van der Waals surface area contributed by atoms with Crippen molar-refractivity contribution >= 4 is 17.2 Å². The van der Waals surface area contributed by atoms with Gasteiger partial charge >= 0.3 is 0 Å². The van der Waals surface area contributed by atoms with E-state index in [0.29, 0.717) is 22.9 Å². The van der Waals surface area contributed by atoms with Crippen LogP contribution in [0.15, 0.2) is 29.6 Å². The normalized spacial score (nSPS) is 12.0. The number of hydrogen-bond donors (Lipinski definition) is 1. The van der Waals surface area contributed by atoms with Crippen molar-refractivity contribution in [1.29, 1.82) is 5.26 Å². The molecule has 0 saturated carbocycles. The lowest BCUT2D eigenvalue weighted by molar-refractivity contribution is 0.0927. The van der Waals surface area contributed by atoms with E-state index in [0.717, 1.165) is 11.3 Å². The number of hydrogen-bond acceptors (Lipinski definition) is 4. The van der Waals surface area contributed by atoms with Crippen molar-refractivity contribution in [2.45, 2.75) is 33.2 Å². The largest absolute Gasteiger partial charge is 0.343 e. The Bertz CT molecular complexity index is 686. The maximum Gasteiger partial charge on any atom is 0.270 e. The van der Waals surface area contributed by atoms with Crippen molar-refractivity contribution in [2.24, 2.45) is 5.92 Å². The molecule has 22 heavy (non-hydrogen) atoms. The summed E-state index contributed by atoms with van der Waals surface area (Å²) in [4.78, 5) is 17.8. The van der Waals surface area contributed by atoms with Crippen molar-refractivity contribution < 1.29 is 4.79 Å². The van der Waals surface area contributed by atoms with Crippen LogP contribution in [0, 0.1) is 24.2 Å². The summed E-state index contributed by atoms with van der Waals surface area (Å²) in [5, 5.41) is 14.0. The molecule has 0 fully saturated rings. The van der Waals surface area contributed by atoms with Crippen LogP contribution in [0.1, 0.15) is 52.9 Å². The van der Waals surface area contributed by atoms with E-state index in [1.807, 2.05) is 17.5 Å².